The third-order valence-electron chi connectivity index (χ3n) is 4.64. The number of carbonyl (C=O) groups excluding carboxylic acids is 1. The van der Waals surface area contributed by atoms with Gasteiger partial charge >= 0.3 is 6.03 Å². The lowest BCUT2D eigenvalue weighted by Gasteiger charge is -2.25. The van der Waals surface area contributed by atoms with Gasteiger partial charge in [-0.25, -0.2) is 9.69 Å². The van der Waals surface area contributed by atoms with Crippen molar-refractivity contribution in [1.29, 1.82) is 0 Å². The Morgan fingerprint density at radius 2 is 1.89 bits per heavy atom. The number of amides is 2. The molecule has 0 spiro atoms. The van der Waals surface area contributed by atoms with Crippen LogP contribution in [0.15, 0.2) is 53.5 Å². The van der Waals surface area contributed by atoms with Gasteiger partial charge in [0, 0.05) is 11.3 Å². The molecule has 0 aromatic heterocycles. The molecular weight excluding hydrogens is 354 g/mol. The SMILES string of the molecule is Cc1ccc(N(C(=O)NCCc2ccccc2)C2=NCC(C)(C)S2)cc1C. The number of rotatable bonds is 4. The number of amidine groups is 1. The summed E-state index contributed by atoms with van der Waals surface area (Å²) in [6, 6.07) is 16.2. The molecule has 2 aromatic rings. The van der Waals surface area contributed by atoms with Crippen molar-refractivity contribution in [2.24, 2.45) is 4.99 Å². The van der Waals surface area contributed by atoms with E-state index in [-0.39, 0.29) is 10.8 Å². The zero-order valence-corrected chi connectivity index (χ0v) is 17.3. The fraction of sp³-hybridized carbons (Fsp3) is 0.364. The van der Waals surface area contributed by atoms with Crippen LogP contribution in [0.4, 0.5) is 10.5 Å². The summed E-state index contributed by atoms with van der Waals surface area (Å²) in [4.78, 5) is 19.4. The average Bonchev–Trinajstić information content (AvgIpc) is 2.98. The van der Waals surface area contributed by atoms with E-state index in [9.17, 15) is 4.79 Å². The van der Waals surface area contributed by atoms with E-state index in [2.05, 4.69) is 62.3 Å². The van der Waals surface area contributed by atoms with Crippen LogP contribution in [0.25, 0.3) is 0 Å². The van der Waals surface area contributed by atoms with Gasteiger partial charge in [-0.05, 0) is 62.9 Å². The molecular formula is C22H27N3OS. The Balaban J connectivity index is 1.76. The minimum Gasteiger partial charge on any atom is -0.337 e. The van der Waals surface area contributed by atoms with Gasteiger partial charge in [-0.3, -0.25) is 4.99 Å². The van der Waals surface area contributed by atoms with E-state index in [4.69, 9.17) is 0 Å². The second-order valence-electron chi connectivity index (χ2n) is 7.53. The summed E-state index contributed by atoms with van der Waals surface area (Å²) in [6.07, 6.45) is 0.804. The lowest BCUT2D eigenvalue weighted by molar-refractivity contribution is 0.249. The van der Waals surface area contributed by atoms with Crippen molar-refractivity contribution in [3.05, 3.63) is 65.2 Å². The quantitative estimate of drug-likeness (QED) is 0.815. The van der Waals surface area contributed by atoms with E-state index in [1.807, 2.05) is 24.3 Å². The number of hydrogen-bond acceptors (Lipinski definition) is 3. The highest BCUT2D eigenvalue weighted by atomic mass is 32.2. The maximum Gasteiger partial charge on any atom is 0.328 e. The van der Waals surface area contributed by atoms with Gasteiger partial charge in [-0.1, -0.05) is 48.2 Å². The number of carbonyl (C=O) groups is 1. The smallest absolute Gasteiger partial charge is 0.328 e. The Morgan fingerprint density at radius 1 is 1.15 bits per heavy atom. The van der Waals surface area contributed by atoms with Crippen molar-refractivity contribution in [2.75, 3.05) is 18.0 Å². The summed E-state index contributed by atoms with van der Waals surface area (Å²) in [5.74, 6) is 0. The summed E-state index contributed by atoms with van der Waals surface area (Å²) >= 11 is 1.65. The molecule has 1 aliphatic heterocycles. The molecule has 0 radical (unpaired) electrons. The van der Waals surface area contributed by atoms with Gasteiger partial charge in [-0.15, -0.1) is 0 Å². The number of urea groups is 1. The second-order valence-corrected chi connectivity index (χ2v) is 9.21. The first-order chi connectivity index (χ1) is 12.9. The fourth-order valence-electron chi connectivity index (χ4n) is 2.90. The van der Waals surface area contributed by atoms with E-state index in [1.54, 1.807) is 16.7 Å². The Bertz CT molecular complexity index is 846. The van der Waals surface area contributed by atoms with Gasteiger partial charge < -0.3 is 5.32 Å². The highest BCUT2D eigenvalue weighted by Gasteiger charge is 2.33. The van der Waals surface area contributed by atoms with Gasteiger partial charge in [0.2, 0.25) is 0 Å². The normalized spacial score (nSPS) is 15.3. The molecule has 0 saturated heterocycles. The fourth-order valence-corrected chi connectivity index (χ4v) is 3.93. The Hall–Kier alpha value is -2.27. The average molecular weight is 382 g/mol. The molecule has 3 rings (SSSR count). The molecule has 2 amide bonds. The zero-order valence-electron chi connectivity index (χ0n) is 16.5. The molecule has 0 atom stereocenters. The van der Waals surface area contributed by atoms with Crippen LogP contribution in [0, 0.1) is 13.8 Å². The third-order valence-corrected chi connectivity index (χ3v) is 5.81. The molecule has 0 bridgehead atoms. The predicted octanol–water partition coefficient (Wildman–Crippen LogP) is 4.94. The molecule has 4 nitrogen and oxygen atoms in total. The first-order valence-electron chi connectivity index (χ1n) is 9.28. The molecule has 27 heavy (non-hydrogen) atoms. The van der Waals surface area contributed by atoms with Crippen LogP contribution >= 0.6 is 11.8 Å². The van der Waals surface area contributed by atoms with E-state index in [1.165, 1.54) is 11.1 Å². The zero-order chi connectivity index (χ0) is 19.4. The lowest BCUT2D eigenvalue weighted by atomic mass is 10.1. The van der Waals surface area contributed by atoms with Crippen molar-refractivity contribution >= 4 is 28.6 Å². The molecule has 1 aliphatic rings. The van der Waals surface area contributed by atoms with E-state index in [0.717, 1.165) is 22.8 Å². The van der Waals surface area contributed by atoms with E-state index < -0.39 is 0 Å². The molecule has 1 N–H and O–H groups in total. The largest absolute Gasteiger partial charge is 0.337 e. The van der Waals surface area contributed by atoms with Gasteiger partial charge in [0.05, 0.1) is 12.2 Å². The highest BCUT2D eigenvalue weighted by molar-refractivity contribution is 8.15. The second kappa shape index (κ2) is 8.17. The standard InChI is InChI=1S/C22H27N3OS/c1-16-10-11-19(14-17(16)2)25(21-24-15-22(3,4)27-21)20(26)23-13-12-18-8-6-5-7-9-18/h5-11,14H,12-13,15H2,1-4H3,(H,23,26). The molecule has 0 aliphatic carbocycles. The summed E-state index contributed by atoms with van der Waals surface area (Å²) in [5.41, 5.74) is 4.45. The van der Waals surface area contributed by atoms with Gasteiger partial charge in [0.1, 0.15) is 0 Å². The van der Waals surface area contributed by atoms with Gasteiger partial charge in [-0.2, -0.15) is 0 Å². The van der Waals surface area contributed by atoms with Crippen molar-refractivity contribution in [1.82, 2.24) is 5.32 Å². The van der Waals surface area contributed by atoms with Crippen molar-refractivity contribution < 1.29 is 4.79 Å². The van der Waals surface area contributed by atoms with Crippen molar-refractivity contribution in [3.63, 3.8) is 0 Å². The number of nitrogens with zero attached hydrogens (tertiary/aromatic N) is 2. The highest BCUT2D eigenvalue weighted by Crippen LogP contribution is 2.35. The van der Waals surface area contributed by atoms with Gasteiger partial charge in [0.25, 0.3) is 0 Å². The third kappa shape index (κ3) is 4.92. The Labute approximate surface area is 166 Å². The molecule has 0 saturated carbocycles. The number of thioether (sulfide) groups is 1. The lowest BCUT2D eigenvalue weighted by Crippen LogP contribution is -2.43. The van der Waals surface area contributed by atoms with Crippen LogP contribution in [-0.2, 0) is 6.42 Å². The monoisotopic (exact) mass is 381 g/mol. The van der Waals surface area contributed by atoms with Gasteiger partial charge in [0.15, 0.2) is 5.17 Å². The van der Waals surface area contributed by atoms with Crippen molar-refractivity contribution in [3.8, 4) is 0 Å². The number of nitrogens with one attached hydrogen (secondary N) is 1. The Morgan fingerprint density at radius 3 is 2.52 bits per heavy atom. The molecule has 0 unspecified atom stereocenters. The van der Waals surface area contributed by atoms with Crippen LogP contribution in [0.3, 0.4) is 0 Å². The maximum absolute atomic E-state index is 13.0. The van der Waals surface area contributed by atoms with Crippen LogP contribution < -0.4 is 10.2 Å². The number of anilines is 1. The summed E-state index contributed by atoms with van der Waals surface area (Å²) in [5, 5.41) is 3.83. The topological polar surface area (TPSA) is 44.7 Å². The number of aliphatic imine (C=N–C) groups is 1. The molecule has 0 fully saturated rings. The summed E-state index contributed by atoms with van der Waals surface area (Å²) < 4.78 is 0.0116. The molecule has 1 heterocycles. The number of benzene rings is 2. The minimum atomic E-state index is -0.127. The summed E-state index contributed by atoms with van der Waals surface area (Å²) in [6.45, 7) is 9.75. The van der Waals surface area contributed by atoms with Crippen LogP contribution in [0.1, 0.15) is 30.5 Å². The maximum atomic E-state index is 13.0. The minimum absolute atomic E-state index is 0.0116. The predicted molar refractivity (Wildman–Crippen MR) is 116 cm³/mol. The van der Waals surface area contributed by atoms with Crippen molar-refractivity contribution in [2.45, 2.75) is 38.9 Å². The first kappa shape index (κ1) is 19.5. The Kier molecular flexibility index (Phi) is 5.90. The van der Waals surface area contributed by atoms with E-state index in [0.29, 0.717) is 13.1 Å². The van der Waals surface area contributed by atoms with Crippen LogP contribution in [0.2, 0.25) is 0 Å². The first-order valence-corrected chi connectivity index (χ1v) is 10.1. The van der Waals surface area contributed by atoms with E-state index >= 15 is 0 Å². The molecule has 142 valence electrons. The number of aryl methyl sites for hydroxylation is 2. The van der Waals surface area contributed by atoms with Crippen LogP contribution in [-0.4, -0.2) is 29.0 Å². The number of hydrogen-bond donors (Lipinski definition) is 1. The molecule has 5 heteroatoms. The van der Waals surface area contributed by atoms with Crippen LogP contribution in [0.5, 0.6) is 0 Å². The molecule has 2 aromatic carbocycles. The summed E-state index contributed by atoms with van der Waals surface area (Å²) in [7, 11) is 0.